The number of hydrogen-bond acceptors (Lipinski definition) is 4. The van der Waals surface area contributed by atoms with Crippen LogP contribution in [0.1, 0.15) is 61.0 Å². The summed E-state index contributed by atoms with van der Waals surface area (Å²) in [5.74, 6) is -0.451. The number of esters is 1. The second kappa shape index (κ2) is 9.10. The first-order chi connectivity index (χ1) is 14.5. The summed E-state index contributed by atoms with van der Waals surface area (Å²) in [5, 5.41) is 5.99. The van der Waals surface area contributed by atoms with Crippen molar-refractivity contribution >= 4 is 28.2 Å². The van der Waals surface area contributed by atoms with Gasteiger partial charge in [0.15, 0.2) is 6.54 Å². The Labute approximate surface area is 189 Å². The number of hydrogen-bond donors (Lipinski definition) is 3. The van der Waals surface area contributed by atoms with Crippen LogP contribution in [0.15, 0.2) is 30.3 Å². The molecule has 31 heavy (non-hydrogen) atoms. The molecule has 1 atom stereocenters. The van der Waals surface area contributed by atoms with Gasteiger partial charge in [0.25, 0.3) is 5.91 Å². The first-order valence-corrected chi connectivity index (χ1v) is 11.7. The Morgan fingerprint density at radius 1 is 1.19 bits per heavy atom. The standard InChI is InChI=1S/C24H33N3O3S/c1-7-30-22(29)19-17-13-23(2,3)26-24(4,5)20(17)31-21(19)25-18(28)15-27(6)14-16-11-9-8-10-12-16/h8-12,26H,7,13-15H2,1-6H3,(H,25,28)/p+2. The van der Waals surface area contributed by atoms with E-state index >= 15 is 0 Å². The van der Waals surface area contributed by atoms with Crippen LogP contribution in [0.2, 0.25) is 0 Å². The number of fused-ring (bicyclic) bond motifs is 1. The maximum absolute atomic E-state index is 12.9. The van der Waals surface area contributed by atoms with Crippen LogP contribution in [0.25, 0.3) is 0 Å². The zero-order valence-electron chi connectivity index (χ0n) is 19.4. The lowest BCUT2D eigenvalue weighted by Gasteiger charge is -2.38. The van der Waals surface area contributed by atoms with Gasteiger partial charge in [-0.25, -0.2) is 4.79 Å². The topological polar surface area (TPSA) is 76.4 Å². The number of nitrogens with one attached hydrogen (secondary N) is 2. The minimum Gasteiger partial charge on any atom is -0.462 e. The van der Waals surface area contributed by atoms with Gasteiger partial charge in [0.1, 0.15) is 17.1 Å². The molecule has 4 N–H and O–H groups in total. The number of anilines is 1. The van der Waals surface area contributed by atoms with E-state index in [-0.39, 0.29) is 23.0 Å². The van der Waals surface area contributed by atoms with Gasteiger partial charge in [-0.2, -0.15) is 0 Å². The summed E-state index contributed by atoms with van der Waals surface area (Å²) < 4.78 is 5.37. The number of rotatable bonds is 7. The van der Waals surface area contributed by atoms with E-state index in [1.807, 2.05) is 25.2 Å². The van der Waals surface area contributed by atoms with Crippen LogP contribution in [0.3, 0.4) is 0 Å². The number of amides is 1. The molecule has 3 rings (SSSR count). The summed E-state index contributed by atoms with van der Waals surface area (Å²) in [6.45, 7) is 11.9. The Morgan fingerprint density at radius 3 is 2.52 bits per heavy atom. The predicted octanol–water partition coefficient (Wildman–Crippen LogP) is 1.71. The van der Waals surface area contributed by atoms with E-state index in [0.717, 1.165) is 28.3 Å². The van der Waals surface area contributed by atoms with Gasteiger partial charge >= 0.3 is 5.97 Å². The van der Waals surface area contributed by atoms with Crippen molar-refractivity contribution in [1.29, 1.82) is 0 Å². The van der Waals surface area contributed by atoms with Crippen LogP contribution in [0.5, 0.6) is 0 Å². The minimum absolute atomic E-state index is 0.0415. The van der Waals surface area contributed by atoms with Gasteiger partial charge in [-0.1, -0.05) is 30.3 Å². The van der Waals surface area contributed by atoms with E-state index in [4.69, 9.17) is 4.74 Å². The summed E-state index contributed by atoms with van der Waals surface area (Å²) in [6.07, 6.45) is 0.755. The second-order valence-corrected chi connectivity index (χ2v) is 10.7. The molecule has 0 bridgehead atoms. The van der Waals surface area contributed by atoms with Crippen molar-refractivity contribution in [3.05, 3.63) is 51.9 Å². The smallest absolute Gasteiger partial charge is 0.341 e. The van der Waals surface area contributed by atoms with Gasteiger partial charge in [-0.15, -0.1) is 11.3 Å². The number of ether oxygens (including phenoxy) is 1. The summed E-state index contributed by atoms with van der Waals surface area (Å²) in [6, 6.07) is 10.1. The van der Waals surface area contributed by atoms with Crippen molar-refractivity contribution in [3.8, 4) is 0 Å². The summed E-state index contributed by atoms with van der Waals surface area (Å²) in [7, 11) is 2.00. The molecular weight excluding hydrogens is 410 g/mol. The fourth-order valence-electron chi connectivity index (χ4n) is 4.66. The first kappa shape index (κ1) is 23.4. The zero-order valence-corrected chi connectivity index (χ0v) is 20.2. The monoisotopic (exact) mass is 445 g/mol. The van der Waals surface area contributed by atoms with E-state index in [1.54, 1.807) is 6.92 Å². The van der Waals surface area contributed by atoms with Crippen molar-refractivity contribution in [3.63, 3.8) is 0 Å². The third-order valence-corrected chi connectivity index (χ3v) is 7.01. The highest BCUT2D eigenvalue weighted by Gasteiger charge is 2.45. The fraction of sp³-hybridized carbons (Fsp3) is 0.500. The Hall–Kier alpha value is -2.22. The lowest BCUT2D eigenvalue weighted by atomic mass is 9.81. The van der Waals surface area contributed by atoms with Gasteiger partial charge in [0, 0.05) is 12.0 Å². The van der Waals surface area contributed by atoms with E-state index in [1.165, 1.54) is 16.9 Å². The maximum atomic E-state index is 12.9. The van der Waals surface area contributed by atoms with Crippen LogP contribution in [-0.2, 0) is 28.0 Å². The third-order valence-electron chi connectivity index (χ3n) is 5.52. The fourth-order valence-corrected chi connectivity index (χ4v) is 5.96. The number of quaternary nitrogens is 2. The first-order valence-electron chi connectivity index (χ1n) is 10.9. The molecule has 1 amide bonds. The van der Waals surface area contributed by atoms with Crippen LogP contribution in [0.4, 0.5) is 5.00 Å². The number of thiophene rings is 1. The molecule has 1 unspecified atom stereocenters. The highest BCUT2D eigenvalue weighted by Crippen LogP contribution is 2.42. The van der Waals surface area contributed by atoms with Crippen molar-refractivity contribution in [2.24, 2.45) is 0 Å². The molecule has 6 nitrogen and oxygen atoms in total. The van der Waals surface area contributed by atoms with Crippen molar-refractivity contribution < 1.29 is 24.5 Å². The van der Waals surface area contributed by atoms with Gasteiger partial charge < -0.3 is 20.3 Å². The van der Waals surface area contributed by atoms with Crippen LogP contribution >= 0.6 is 11.3 Å². The number of likely N-dealkylation sites (N-methyl/N-ethyl adjacent to an activating group) is 1. The molecule has 2 aromatic rings. The Morgan fingerprint density at radius 2 is 1.87 bits per heavy atom. The molecule has 0 fully saturated rings. The van der Waals surface area contributed by atoms with Crippen molar-refractivity contribution in [1.82, 2.24) is 0 Å². The van der Waals surface area contributed by atoms with E-state index in [9.17, 15) is 9.59 Å². The Kier molecular flexibility index (Phi) is 6.88. The van der Waals surface area contributed by atoms with Crippen LogP contribution in [-0.4, -0.2) is 37.6 Å². The second-order valence-electron chi connectivity index (χ2n) is 9.71. The molecule has 1 aromatic heterocycles. The molecule has 0 aliphatic carbocycles. The molecule has 1 aromatic carbocycles. The molecule has 0 saturated carbocycles. The Balaban J connectivity index is 1.84. The maximum Gasteiger partial charge on any atom is 0.341 e. The molecular formula is C24H35N3O3S+2. The van der Waals surface area contributed by atoms with E-state index < -0.39 is 0 Å². The van der Waals surface area contributed by atoms with Gasteiger partial charge in [-0.05, 0) is 40.2 Å². The average Bonchev–Trinajstić information content (AvgIpc) is 2.99. The summed E-state index contributed by atoms with van der Waals surface area (Å²) >= 11 is 1.51. The van der Waals surface area contributed by atoms with Crippen LogP contribution in [0, 0.1) is 0 Å². The number of nitrogens with two attached hydrogens (primary N) is 1. The molecule has 1 aliphatic rings. The summed E-state index contributed by atoms with van der Waals surface area (Å²) in [5.41, 5.74) is 2.51. The lowest BCUT2D eigenvalue weighted by Crippen LogP contribution is -3.08. The van der Waals surface area contributed by atoms with Crippen LogP contribution < -0.4 is 15.5 Å². The molecule has 168 valence electrons. The van der Waals surface area contributed by atoms with Crippen molar-refractivity contribution in [2.75, 3.05) is 25.5 Å². The highest BCUT2D eigenvalue weighted by atomic mass is 32.1. The molecule has 2 heterocycles. The average molecular weight is 446 g/mol. The number of carbonyl (C=O) groups excluding carboxylic acids is 2. The van der Waals surface area contributed by atoms with E-state index in [2.05, 4.69) is 50.5 Å². The minimum atomic E-state index is -0.353. The molecule has 7 heteroatoms. The molecule has 0 spiro atoms. The lowest BCUT2D eigenvalue weighted by molar-refractivity contribution is -0.885. The largest absolute Gasteiger partial charge is 0.462 e. The van der Waals surface area contributed by atoms with Gasteiger partial charge in [0.2, 0.25) is 0 Å². The van der Waals surface area contributed by atoms with Crippen molar-refractivity contribution in [2.45, 2.75) is 58.7 Å². The highest BCUT2D eigenvalue weighted by molar-refractivity contribution is 7.17. The molecule has 0 saturated heterocycles. The quantitative estimate of drug-likeness (QED) is 0.568. The Bertz CT molecular complexity index is 950. The number of benzene rings is 1. The van der Waals surface area contributed by atoms with E-state index in [0.29, 0.717) is 23.7 Å². The zero-order chi connectivity index (χ0) is 22.8. The normalized spacial score (nSPS) is 17.5. The van der Waals surface area contributed by atoms with Gasteiger partial charge in [-0.3, -0.25) is 4.79 Å². The molecule has 1 aliphatic heterocycles. The predicted molar refractivity (Wildman–Crippen MR) is 124 cm³/mol. The SMILES string of the molecule is CCOC(=O)c1c(NC(=O)C[NH+](C)Cc2ccccc2)sc2c1CC(C)(C)[NH2+]C2(C)C. The molecule has 0 radical (unpaired) electrons. The summed E-state index contributed by atoms with van der Waals surface area (Å²) in [4.78, 5) is 28.0. The number of carbonyl (C=O) groups is 2. The van der Waals surface area contributed by atoms with Gasteiger partial charge in [0.05, 0.1) is 29.6 Å². The third kappa shape index (κ3) is 5.53.